The van der Waals surface area contributed by atoms with Crippen LogP contribution < -0.4 is 0 Å². The first-order chi connectivity index (χ1) is 5.79. The minimum atomic E-state index is 1.03. The van der Waals surface area contributed by atoms with Crippen molar-refractivity contribution in [3.8, 4) is 0 Å². The maximum Gasteiger partial charge on any atom is -0.0334 e. The molecule has 0 N–H and O–H groups in total. The summed E-state index contributed by atoms with van der Waals surface area (Å²) in [5, 5.41) is 0. The molecule has 0 heteroatoms. The van der Waals surface area contributed by atoms with Gasteiger partial charge < -0.3 is 0 Å². The van der Waals surface area contributed by atoms with E-state index in [2.05, 4.69) is 13.8 Å². The molecule has 0 heterocycles. The van der Waals surface area contributed by atoms with Crippen LogP contribution in [0.5, 0.6) is 0 Å². The van der Waals surface area contributed by atoms with Gasteiger partial charge in [0.15, 0.2) is 0 Å². The van der Waals surface area contributed by atoms with Crippen molar-refractivity contribution >= 4 is 0 Å². The molecule has 0 spiro atoms. The van der Waals surface area contributed by atoms with Gasteiger partial charge in [-0.15, -0.1) is 0 Å². The van der Waals surface area contributed by atoms with Gasteiger partial charge in [0, 0.05) is 0 Å². The van der Waals surface area contributed by atoms with Crippen LogP contribution in [0.3, 0.4) is 0 Å². The van der Waals surface area contributed by atoms with Crippen LogP contribution in [0.1, 0.15) is 52.4 Å². The molecule has 70 valence electrons. The van der Waals surface area contributed by atoms with Crippen LogP contribution in [0, 0.1) is 23.7 Å². The average Bonchev–Trinajstić information content (AvgIpc) is 2.04. The van der Waals surface area contributed by atoms with Gasteiger partial charge in [0.05, 0.1) is 0 Å². The van der Waals surface area contributed by atoms with Gasteiger partial charge in [0.2, 0.25) is 0 Å². The summed E-state index contributed by atoms with van der Waals surface area (Å²) in [6, 6.07) is 0. The van der Waals surface area contributed by atoms with Crippen molar-refractivity contribution in [2.75, 3.05) is 0 Å². The first-order valence-electron chi connectivity index (χ1n) is 5.79. The monoisotopic (exact) mass is 166 g/mol. The SMILES string of the molecule is C[C@H]1CCCC2CCC[C@H](C)C21. The molecule has 2 rings (SSSR count). The van der Waals surface area contributed by atoms with E-state index < -0.39 is 0 Å². The molecule has 2 aliphatic carbocycles. The van der Waals surface area contributed by atoms with E-state index in [1.165, 1.54) is 25.7 Å². The van der Waals surface area contributed by atoms with Gasteiger partial charge in [-0.25, -0.2) is 0 Å². The minimum absolute atomic E-state index is 1.03. The Morgan fingerprint density at radius 1 is 0.750 bits per heavy atom. The third-order valence-corrected chi connectivity index (χ3v) is 4.33. The van der Waals surface area contributed by atoms with Gasteiger partial charge in [-0.2, -0.15) is 0 Å². The molecule has 0 unspecified atom stereocenters. The van der Waals surface area contributed by atoms with Gasteiger partial charge >= 0.3 is 0 Å². The van der Waals surface area contributed by atoms with E-state index in [4.69, 9.17) is 0 Å². The standard InChI is InChI=1S/C12H22/c1-9-5-3-7-11-8-4-6-10(2)12(9)11/h9-12H,3-8H2,1-2H3/t9-,10-,11?,12?/m0/s1. The van der Waals surface area contributed by atoms with Crippen molar-refractivity contribution in [2.45, 2.75) is 52.4 Å². The van der Waals surface area contributed by atoms with E-state index in [1.54, 1.807) is 12.8 Å². The number of rotatable bonds is 0. The molecule has 0 aromatic carbocycles. The summed E-state index contributed by atoms with van der Waals surface area (Å²) in [7, 11) is 0. The summed E-state index contributed by atoms with van der Waals surface area (Å²) in [6.07, 6.45) is 9.11. The van der Waals surface area contributed by atoms with Crippen molar-refractivity contribution in [1.82, 2.24) is 0 Å². The van der Waals surface area contributed by atoms with E-state index in [0.717, 1.165) is 23.7 Å². The molecule has 12 heavy (non-hydrogen) atoms. The number of hydrogen-bond donors (Lipinski definition) is 0. The lowest BCUT2D eigenvalue weighted by Gasteiger charge is -2.44. The highest BCUT2D eigenvalue weighted by Crippen LogP contribution is 2.46. The third kappa shape index (κ3) is 1.41. The first kappa shape index (κ1) is 8.59. The molecule has 0 aromatic rings. The lowest BCUT2D eigenvalue weighted by Crippen LogP contribution is -2.34. The first-order valence-corrected chi connectivity index (χ1v) is 5.79. The summed E-state index contributed by atoms with van der Waals surface area (Å²) < 4.78 is 0. The molecule has 0 aliphatic heterocycles. The summed E-state index contributed by atoms with van der Waals surface area (Å²) >= 11 is 0. The van der Waals surface area contributed by atoms with Crippen molar-refractivity contribution in [1.29, 1.82) is 0 Å². The van der Waals surface area contributed by atoms with Crippen LogP contribution in [0.15, 0.2) is 0 Å². The third-order valence-electron chi connectivity index (χ3n) is 4.33. The molecule has 0 aromatic heterocycles. The van der Waals surface area contributed by atoms with Gasteiger partial charge in [-0.3, -0.25) is 0 Å². The van der Waals surface area contributed by atoms with Crippen molar-refractivity contribution in [2.24, 2.45) is 23.7 Å². The van der Waals surface area contributed by atoms with E-state index in [0.29, 0.717) is 0 Å². The molecule has 0 nitrogen and oxygen atoms in total. The zero-order chi connectivity index (χ0) is 8.55. The second-order valence-corrected chi connectivity index (χ2v) is 5.15. The highest BCUT2D eigenvalue weighted by Gasteiger charge is 2.36. The Morgan fingerprint density at radius 3 is 1.67 bits per heavy atom. The molecule has 2 aliphatic rings. The van der Waals surface area contributed by atoms with Gasteiger partial charge in [0.1, 0.15) is 0 Å². The Morgan fingerprint density at radius 2 is 1.25 bits per heavy atom. The molecule has 0 amide bonds. The summed E-state index contributed by atoms with van der Waals surface area (Å²) in [4.78, 5) is 0. The quantitative estimate of drug-likeness (QED) is 0.512. The molecular weight excluding hydrogens is 144 g/mol. The van der Waals surface area contributed by atoms with Crippen LogP contribution in [0.25, 0.3) is 0 Å². The number of hydrogen-bond acceptors (Lipinski definition) is 0. The Balaban J connectivity index is 2.07. The lowest BCUT2D eigenvalue weighted by molar-refractivity contribution is 0.0652. The fourth-order valence-electron chi connectivity index (χ4n) is 3.81. The lowest BCUT2D eigenvalue weighted by atomic mass is 9.62. The maximum absolute atomic E-state index is 2.48. The molecule has 0 radical (unpaired) electrons. The zero-order valence-corrected chi connectivity index (χ0v) is 8.55. The molecule has 2 fully saturated rings. The van der Waals surface area contributed by atoms with Crippen LogP contribution >= 0.6 is 0 Å². The number of fused-ring (bicyclic) bond motifs is 1. The van der Waals surface area contributed by atoms with Crippen LogP contribution in [0.2, 0.25) is 0 Å². The molecule has 0 bridgehead atoms. The summed E-state index contributed by atoms with van der Waals surface area (Å²) in [6.45, 7) is 4.97. The Kier molecular flexibility index (Phi) is 2.43. The van der Waals surface area contributed by atoms with Crippen molar-refractivity contribution in [3.05, 3.63) is 0 Å². The van der Waals surface area contributed by atoms with E-state index in [1.807, 2.05) is 0 Å². The van der Waals surface area contributed by atoms with E-state index in [-0.39, 0.29) is 0 Å². The second kappa shape index (κ2) is 3.40. The van der Waals surface area contributed by atoms with Crippen molar-refractivity contribution < 1.29 is 0 Å². The summed E-state index contributed by atoms with van der Waals surface area (Å²) in [5.41, 5.74) is 0. The van der Waals surface area contributed by atoms with Gasteiger partial charge in [-0.05, 0) is 23.7 Å². The van der Waals surface area contributed by atoms with Crippen LogP contribution in [-0.2, 0) is 0 Å². The normalized spacial score (nSPS) is 48.5. The van der Waals surface area contributed by atoms with Gasteiger partial charge in [-0.1, -0.05) is 52.4 Å². The average molecular weight is 166 g/mol. The van der Waals surface area contributed by atoms with Crippen LogP contribution in [0.4, 0.5) is 0 Å². The van der Waals surface area contributed by atoms with Crippen LogP contribution in [-0.4, -0.2) is 0 Å². The fourth-order valence-corrected chi connectivity index (χ4v) is 3.81. The minimum Gasteiger partial charge on any atom is -0.0622 e. The highest BCUT2D eigenvalue weighted by atomic mass is 14.4. The largest absolute Gasteiger partial charge is 0.0622 e. The molecule has 2 atom stereocenters. The van der Waals surface area contributed by atoms with E-state index >= 15 is 0 Å². The predicted octanol–water partition coefficient (Wildman–Crippen LogP) is 3.86. The fraction of sp³-hybridized carbons (Fsp3) is 1.00. The Labute approximate surface area is 76.7 Å². The smallest absolute Gasteiger partial charge is 0.0334 e. The Bertz CT molecular complexity index is 134. The maximum atomic E-state index is 2.48. The highest BCUT2D eigenvalue weighted by molar-refractivity contribution is 4.86. The van der Waals surface area contributed by atoms with E-state index in [9.17, 15) is 0 Å². The van der Waals surface area contributed by atoms with Gasteiger partial charge in [0.25, 0.3) is 0 Å². The molecular formula is C12H22. The predicted molar refractivity (Wildman–Crippen MR) is 53.0 cm³/mol. The molecule has 2 saturated carbocycles. The Hall–Kier alpha value is 0. The second-order valence-electron chi connectivity index (χ2n) is 5.15. The summed E-state index contributed by atoms with van der Waals surface area (Å²) in [5.74, 6) is 4.25. The molecule has 0 saturated heterocycles. The zero-order valence-electron chi connectivity index (χ0n) is 8.55. The topological polar surface area (TPSA) is 0 Å². The van der Waals surface area contributed by atoms with Crippen molar-refractivity contribution in [3.63, 3.8) is 0 Å².